The molecule has 0 bridgehead atoms. The largest absolute Gasteiger partial charge is 0.512 e. The van der Waals surface area contributed by atoms with Crippen LogP contribution in [-0.2, 0) is 21.0 Å². The van der Waals surface area contributed by atoms with E-state index >= 15 is 0 Å². The second-order valence-corrected chi connectivity index (χ2v) is 8.54. The van der Waals surface area contributed by atoms with Crippen LogP contribution in [0.25, 0.3) is 11.1 Å². The number of carbonyl (C=O) groups is 1. The number of aliphatic hydroxyl groups is 1. The normalized spacial score (nSPS) is 17.8. The summed E-state index contributed by atoms with van der Waals surface area (Å²) in [4.78, 5) is 17.6. The molecule has 0 aromatic heterocycles. The molecular formula is C26H28FNO4. The minimum absolute atomic E-state index is 0.195. The standard InChI is InChI=1S/C26H28FNO4/c27-22-12-10-21(11-13-22)20-8-6-19(7-9-20)18-31-28-16-4-1-5-23-24(29)17-26(32-25(23)30)14-2-3-15-26/h6-13,16,29H,1-5,14-15,17-18H2. The predicted molar refractivity (Wildman–Crippen MR) is 121 cm³/mol. The molecule has 1 N–H and O–H groups in total. The Labute approximate surface area is 187 Å². The van der Waals surface area contributed by atoms with Gasteiger partial charge in [-0.15, -0.1) is 0 Å². The van der Waals surface area contributed by atoms with E-state index in [-0.39, 0.29) is 17.5 Å². The van der Waals surface area contributed by atoms with Gasteiger partial charge in [0.05, 0.1) is 5.57 Å². The van der Waals surface area contributed by atoms with E-state index in [1.807, 2.05) is 24.3 Å². The maximum absolute atomic E-state index is 13.0. The van der Waals surface area contributed by atoms with E-state index in [1.54, 1.807) is 18.3 Å². The van der Waals surface area contributed by atoms with Crippen LogP contribution >= 0.6 is 0 Å². The highest BCUT2D eigenvalue weighted by molar-refractivity contribution is 5.90. The molecule has 5 nitrogen and oxygen atoms in total. The summed E-state index contributed by atoms with van der Waals surface area (Å²) >= 11 is 0. The zero-order valence-corrected chi connectivity index (χ0v) is 18.1. The van der Waals surface area contributed by atoms with E-state index < -0.39 is 5.60 Å². The van der Waals surface area contributed by atoms with Gasteiger partial charge in [-0.25, -0.2) is 9.18 Å². The summed E-state index contributed by atoms with van der Waals surface area (Å²) in [7, 11) is 0. The molecule has 0 unspecified atom stereocenters. The van der Waals surface area contributed by atoms with Crippen molar-refractivity contribution in [2.45, 2.75) is 63.6 Å². The average Bonchev–Trinajstić information content (AvgIpc) is 3.23. The fourth-order valence-corrected chi connectivity index (χ4v) is 4.39. The van der Waals surface area contributed by atoms with Crippen LogP contribution in [0.2, 0.25) is 0 Å². The second-order valence-electron chi connectivity index (χ2n) is 8.54. The number of unbranched alkanes of at least 4 members (excludes halogenated alkanes) is 1. The lowest BCUT2D eigenvalue weighted by Gasteiger charge is -2.33. The van der Waals surface area contributed by atoms with Gasteiger partial charge in [-0.2, -0.15) is 0 Å². The Morgan fingerprint density at radius 1 is 1.06 bits per heavy atom. The van der Waals surface area contributed by atoms with Crippen molar-refractivity contribution in [2.24, 2.45) is 5.16 Å². The summed E-state index contributed by atoms with van der Waals surface area (Å²) in [5.74, 6) is -0.422. The van der Waals surface area contributed by atoms with Crippen molar-refractivity contribution in [2.75, 3.05) is 0 Å². The molecule has 0 atom stereocenters. The maximum Gasteiger partial charge on any atom is 0.337 e. The first-order valence-corrected chi connectivity index (χ1v) is 11.2. The number of oxime groups is 1. The van der Waals surface area contributed by atoms with Gasteiger partial charge in [-0.05, 0) is 73.8 Å². The van der Waals surface area contributed by atoms with Crippen LogP contribution in [0, 0.1) is 5.82 Å². The van der Waals surface area contributed by atoms with E-state index in [0.29, 0.717) is 37.9 Å². The molecule has 1 aliphatic carbocycles. The highest BCUT2D eigenvalue weighted by Gasteiger charge is 2.43. The van der Waals surface area contributed by atoms with Crippen LogP contribution < -0.4 is 0 Å². The van der Waals surface area contributed by atoms with Crippen LogP contribution in [0.15, 0.2) is 65.0 Å². The third kappa shape index (κ3) is 5.36. The number of halogens is 1. The summed E-state index contributed by atoms with van der Waals surface area (Å²) in [6.45, 7) is 0.348. The van der Waals surface area contributed by atoms with Crippen molar-refractivity contribution in [3.05, 3.63) is 71.2 Å². The number of nitrogens with zero attached hydrogens (tertiary/aromatic N) is 1. The summed E-state index contributed by atoms with van der Waals surface area (Å²) < 4.78 is 18.7. The summed E-state index contributed by atoms with van der Waals surface area (Å²) in [6.07, 6.45) is 7.69. The molecule has 6 heteroatoms. The zero-order valence-electron chi connectivity index (χ0n) is 18.1. The molecule has 1 heterocycles. The van der Waals surface area contributed by atoms with Gasteiger partial charge >= 0.3 is 5.97 Å². The fraction of sp³-hybridized carbons (Fsp3) is 0.385. The third-order valence-corrected chi connectivity index (χ3v) is 6.18. The Balaban J connectivity index is 1.18. The van der Waals surface area contributed by atoms with Crippen molar-refractivity contribution in [1.29, 1.82) is 0 Å². The molecule has 168 valence electrons. The van der Waals surface area contributed by atoms with Gasteiger partial charge in [-0.1, -0.05) is 41.6 Å². The Bertz CT molecular complexity index is 989. The number of esters is 1. The van der Waals surface area contributed by atoms with E-state index in [4.69, 9.17) is 9.57 Å². The monoisotopic (exact) mass is 437 g/mol. The van der Waals surface area contributed by atoms with E-state index in [0.717, 1.165) is 42.4 Å². The molecule has 0 radical (unpaired) electrons. The summed E-state index contributed by atoms with van der Waals surface area (Å²) in [5, 5.41) is 14.3. The minimum atomic E-state index is -0.461. The minimum Gasteiger partial charge on any atom is -0.512 e. The van der Waals surface area contributed by atoms with Crippen LogP contribution in [0.1, 0.15) is 56.9 Å². The van der Waals surface area contributed by atoms with Crippen molar-refractivity contribution < 1.29 is 23.9 Å². The van der Waals surface area contributed by atoms with E-state index in [9.17, 15) is 14.3 Å². The molecule has 0 saturated heterocycles. The first-order chi connectivity index (χ1) is 15.5. The third-order valence-electron chi connectivity index (χ3n) is 6.18. The number of ether oxygens (including phenoxy) is 1. The summed E-state index contributed by atoms with van der Waals surface area (Å²) in [5.41, 5.74) is 2.89. The molecule has 1 aliphatic heterocycles. The van der Waals surface area contributed by atoms with Gasteiger partial charge < -0.3 is 14.7 Å². The van der Waals surface area contributed by atoms with Gasteiger partial charge in [0, 0.05) is 12.6 Å². The van der Waals surface area contributed by atoms with Gasteiger partial charge in [-0.3, -0.25) is 0 Å². The lowest BCUT2D eigenvalue weighted by molar-refractivity contribution is -0.158. The Hall–Kier alpha value is -3.15. The fourth-order valence-electron chi connectivity index (χ4n) is 4.39. The smallest absolute Gasteiger partial charge is 0.337 e. The van der Waals surface area contributed by atoms with Gasteiger partial charge in [0.2, 0.25) is 0 Å². The predicted octanol–water partition coefficient (Wildman–Crippen LogP) is 6.24. The van der Waals surface area contributed by atoms with Crippen LogP contribution in [0.4, 0.5) is 4.39 Å². The number of carbonyl (C=O) groups excluding carboxylic acids is 1. The molecule has 4 rings (SSSR count). The molecule has 32 heavy (non-hydrogen) atoms. The lowest BCUT2D eigenvalue weighted by Crippen LogP contribution is -2.37. The topological polar surface area (TPSA) is 68.1 Å². The van der Waals surface area contributed by atoms with Crippen LogP contribution in [-0.4, -0.2) is 22.9 Å². The average molecular weight is 438 g/mol. The molecule has 1 saturated carbocycles. The lowest BCUT2D eigenvalue weighted by atomic mass is 9.90. The summed E-state index contributed by atoms with van der Waals surface area (Å²) in [6, 6.07) is 14.2. The first kappa shape index (κ1) is 22.1. The van der Waals surface area contributed by atoms with Crippen molar-refractivity contribution in [3.63, 3.8) is 0 Å². The highest BCUT2D eigenvalue weighted by Crippen LogP contribution is 2.42. The number of aliphatic hydroxyl groups excluding tert-OH is 1. The van der Waals surface area contributed by atoms with Gasteiger partial charge in [0.25, 0.3) is 0 Å². The Morgan fingerprint density at radius 3 is 2.38 bits per heavy atom. The SMILES string of the molecule is O=C1OC2(CCCC2)CC(O)=C1CCCC=NOCc1ccc(-c2ccc(F)cc2)cc1. The molecule has 2 aliphatic rings. The van der Waals surface area contributed by atoms with Crippen LogP contribution in [0.5, 0.6) is 0 Å². The molecule has 0 amide bonds. The van der Waals surface area contributed by atoms with Gasteiger partial charge in [0.15, 0.2) is 0 Å². The maximum atomic E-state index is 13.0. The highest BCUT2D eigenvalue weighted by atomic mass is 19.1. The first-order valence-electron chi connectivity index (χ1n) is 11.2. The zero-order chi connectivity index (χ0) is 22.4. The van der Waals surface area contributed by atoms with Crippen LogP contribution in [0.3, 0.4) is 0 Å². The molecular weight excluding hydrogens is 409 g/mol. The van der Waals surface area contributed by atoms with Gasteiger partial charge in [0.1, 0.15) is 23.8 Å². The van der Waals surface area contributed by atoms with Crippen molar-refractivity contribution >= 4 is 12.2 Å². The number of hydrogen-bond acceptors (Lipinski definition) is 5. The second kappa shape index (κ2) is 9.98. The Kier molecular flexibility index (Phi) is 6.88. The van der Waals surface area contributed by atoms with E-state index in [2.05, 4.69) is 5.16 Å². The number of hydrogen-bond donors (Lipinski definition) is 1. The Morgan fingerprint density at radius 2 is 1.72 bits per heavy atom. The van der Waals surface area contributed by atoms with Crippen molar-refractivity contribution in [3.8, 4) is 11.1 Å². The quantitative estimate of drug-likeness (QED) is 0.230. The molecule has 2 aromatic carbocycles. The molecule has 1 spiro atoms. The number of rotatable bonds is 8. The van der Waals surface area contributed by atoms with E-state index in [1.165, 1.54) is 12.1 Å². The molecule has 1 fully saturated rings. The number of benzene rings is 2. The van der Waals surface area contributed by atoms with Crippen molar-refractivity contribution in [1.82, 2.24) is 0 Å². The molecule has 2 aromatic rings.